The molecule has 1 N–H and O–H groups in total. The average molecular weight is 469 g/mol. The minimum Gasteiger partial charge on any atom is -0.480 e. The van der Waals surface area contributed by atoms with Crippen molar-refractivity contribution in [3.05, 3.63) is 28.5 Å². The third kappa shape index (κ3) is 4.79. The molecule has 29 heavy (non-hydrogen) atoms. The van der Waals surface area contributed by atoms with Gasteiger partial charge >= 0.3 is 11.9 Å². The topological polar surface area (TPSA) is 96.8 Å². The Morgan fingerprint density at radius 2 is 1.79 bits per heavy atom. The molecule has 2 heterocycles. The van der Waals surface area contributed by atoms with Crippen molar-refractivity contribution in [3.8, 4) is 0 Å². The molecule has 0 aliphatic carbocycles. The van der Waals surface area contributed by atoms with E-state index < -0.39 is 40.5 Å². The summed E-state index contributed by atoms with van der Waals surface area (Å²) in [6.07, 6.45) is 3.11. The van der Waals surface area contributed by atoms with E-state index in [-0.39, 0.29) is 12.3 Å². The molecule has 0 bridgehead atoms. The van der Waals surface area contributed by atoms with Crippen molar-refractivity contribution in [2.75, 3.05) is 0 Å². The highest BCUT2D eigenvalue weighted by Crippen LogP contribution is 2.52. The van der Waals surface area contributed by atoms with Crippen molar-refractivity contribution < 1.29 is 24.2 Å². The molecule has 1 aromatic rings. The molecule has 1 aromatic heterocycles. The Hall–Kier alpha value is -1.96. The molecule has 1 aliphatic rings. The minimum atomic E-state index is -1.25. The zero-order valence-electron chi connectivity index (χ0n) is 17.9. The van der Waals surface area contributed by atoms with Gasteiger partial charge in [0.15, 0.2) is 0 Å². The third-order valence-corrected chi connectivity index (χ3v) is 5.34. The number of hydrogen-bond acceptors (Lipinski definition) is 5. The molecule has 160 valence electrons. The van der Waals surface area contributed by atoms with Crippen LogP contribution in [0, 0.1) is 10.8 Å². The van der Waals surface area contributed by atoms with Crippen LogP contribution in [0.5, 0.6) is 0 Å². The highest BCUT2D eigenvalue weighted by molar-refractivity contribution is 9.10. The first-order valence-electron chi connectivity index (χ1n) is 9.47. The summed E-state index contributed by atoms with van der Waals surface area (Å²) in [5.41, 5.74) is -2.25. The lowest BCUT2D eigenvalue weighted by atomic mass is 9.78. The second-order valence-electron chi connectivity index (χ2n) is 9.78. The van der Waals surface area contributed by atoms with E-state index in [2.05, 4.69) is 20.9 Å². The van der Waals surface area contributed by atoms with Crippen LogP contribution in [-0.2, 0) is 19.1 Å². The number of carbonyl (C=O) groups is 3. The molecule has 0 spiro atoms. The standard InChI is InChI=1S/C21H29BrN2O5/c1-19(2,3)17(27)24-14(16(25)26)9-21(7,18(28)29-20(4,5)6)15(24)12-8-13(22)11-23-10-12/h8,10-11,14-15H,9H2,1-7H3,(H,25,26)/t14-,15-,21-/m1/s1. The number of ether oxygens (including phenoxy) is 1. The van der Waals surface area contributed by atoms with Gasteiger partial charge in [-0.1, -0.05) is 20.8 Å². The third-order valence-electron chi connectivity index (χ3n) is 4.90. The van der Waals surface area contributed by atoms with Crippen molar-refractivity contribution in [2.45, 2.75) is 72.6 Å². The van der Waals surface area contributed by atoms with Crippen LogP contribution >= 0.6 is 15.9 Å². The van der Waals surface area contributed by atoms with Gasteiger partial charge in [-0.3, -0.25) is 14.6 Å². The molecular weight excluding hydrogens is 440 g/mol. The first kappa shape index (κ1) is 23.3. The predicted octanol–water partition coefficient (Wildman–Crippen LogP) is 3.96. The summed E-state index contributed by atoms with van der Waals surface area (Å²) in [4.78, 5) is 44.2. The summed E-state index contributed by atoms with van der Waals surface area (Å²) in [5, 5.41) is 9.89. The lowest BCUT2D eigenvalue weighted by molar-refractivity contribution is -0.169. The van der Waals surface area contributed by atoms with Crippen molar-refractivity contribution in [1.82, 2.24) is 9.88 Å². The molecule has 3 atom stereocenters. The zero-order valence-corrected chi connectivity index (χ0v) is 19.5. The highest BCUT2D eigenvalue weighted by Gasteiger charge is 2.60. The van der Waals surface area contributed by atoms with Gasteiger partial charge in [0, 0.05) is 22.3 Å². The number of aliphatic carboxylic acids is 1. The predicted molar refractivity (Wildman–Crippen MR) is 111 cm³/mol. The molecule has 1 aliphatic heterocycles. The van der Waals surface area contributed by atoms with Crippen LogP contribution in [0.15, 0.2) is 22.9 Å². The lowest BCUT2D eigenvalue weighted by Gasteiger charge is -2.38. The normalized spacial score (nSPS) is 25.0. The number of rotatable bonds is 3. The number of carboxylic acid groups (broad SMARTS) is 1. The highest BCUT2D eigenvalue weighted by atomic mass is 79.9. The van der Waals surface area contributed by atoms with Crippen LogP contribution in [0.4, 0.5) is 0 Å². The van der Waals surface area contributed by atoms with Crippen molar-refractivity contribution in [2.24, 2.45) is 10.8 Å². The molecular formula is C21H29BrN2O5. The molecule has 2 rings (SSSR count). The summed E-state index contributed by atoms with van der Waals surface area (Å²) in [6, 6.07) is -0.216. The van der Waals surface area contributed by atoms with Crippen LogP contribution in [0.3, 0.4) is 0 Å². The monoisotopic (exact) mass is 468 g/mol. The van der Waals surface area contributed by atoms with Gasteiger partial charge in [-0.15, -0.1) is 0 Å². The van der Waals surface area contributed by atoms with Gasteiger partial charge in [0.05, 0.1) is 11.5 Å². The van der Waals surface area contributed by atoms with E-state index in [1.165, 1.54) is 4.90 Å². The Balaban J connectivity index is 2.70. The van der Waals surface area contributed by atoms with E-state index in [9.17, 15) is 19.5 Å². The van der Waals surface area contributed by atoms with Gasteiger partial charge in [-0.05, 0) is 61.7 Å². The van der Waals surface area contributed by atoms with Crippen LogP contribution < -0.4 is 0 Å². The van der Waals surface area contributed by atoms with E-state index in [0.29, 0.717) is 10.0 Å². The Labute approximate surface area is 180 Å². The number of pyridine rings is 1. The summed E-state index contributed by atoms with van der Waals surface area (Å²) < 4.78 is 6.32. The number of likely N-dealkylation sites (tertiary alicyclic amines) is 1. The maximum atomic E-state index is 13.3. The second-order valence-corrected chi connectivity index (χ2v) is 10.7. The Kier molecular flexibility index (Phi) is 6.19. The molecule has 0 aromatic carbocycles. The van der Waals surface area contributed by atoms with Crippen LogP contribution in [-0.4, -0.2) is 44.5 Å². The number of aromatic nitrogens is 1. The van der Waals surface area contributed by atoms with Gasteiger partial charge in [0.25, 0.3) is 0 Å². The van der Waals surface area contributed by atoms with E-state index in [0.717, 1.165) is 0 Å². The minimum absolute atomic E-state index is 0.0454. The average Bonchev–Trinajstić information content (AvgIpc) is 2.86. The fraction of sp³-hybridized carbons (Fsp3) is 0.619. The maximum absolute atomic E-state index is 13.3. The van der Waals surface area contributed by atoms with E-state index in [1.807, 2.05) is 0 Å². The maximum Gasteiger partial charge on any atom is 0.326 e. The zero-order chi connectivity index (χ0) is 22.4. The second kappa shape index (κ2) is 7.70. The molecule has 0 saturated carbocycles. The number of hydrogen-bond donors (Lipinski definition) is 1. The summed E-state index contributed by atoms with van der Waals surface area (Å²) in [7, 11) is 0. The smallest absolute Gasteiger partial charge is 0.326 e. The number of amides is 1. The summed E-state index contributed by atoms with van der Waals surface area (Å²) in [6.45, 7) is 12.1. The first-order chi connectivity index (χ1) is 13.1. The molecule has 1 fully saturated rings. The fourth-order valence-corrected chi connectivity index (χ4v) is 4.03. The molecule has 0 unspecified atom stereocenters. The Bertz CT molecular complexity index is 827. The van der Waals surface area contributed by atoms with Crippen LogP contribution in [0.25, 0.3) is 0 Å². The van der Waals surface area contributed by atoms with Gasteiger partial charge in [-0.25, -0.2) is 4.79 Å². The lowest BCUT2D eigenvalue weighted by Crippen LogP contribution is -2.48. The van der Waals surface area contributed by atoms with E-state index in [4.69, 9.17) is 4.74 Å². The largest absolute Gasteiger partial charge is 0.480 e. The SMILES string of the molecule is CC(C)(C)OC(=O)[C@]1(C)C[C@H](C(=O)O)N(C(=O)C(C)(C)C)[C@@H]1c1cncc(Br)c1. The molecule has 1 amide bonds. The Morgan fingerprint density at radius 1 is 1.21 bits per heavy atom. The number of esters is 1. The number of carboxylic acids is 1. The molecule has 1 saturated heterocycles. The Morgan fingerprint density at radius 3 is 2.24 bits per heavy atom. The van der Waals surface area contributed by atoms with Crippen molar-refractivity contribution >= 4 is 33.8 Å². The molecule has 0 radical (unpaired) electrons. The number of halogens is 1. The van der Waals surface area contributed by atoms with E-state index >= 15 is 0 Å². The van der Waals surface area contributed by atoms with Crippen LogP contribution in [0.1, 0.15) is 66.5 Å². The van der Waals surface area contributed by atoms with Gasteiger partial charge in [-0.2, -0.15) is 0 Å². The number of carbonyl (C=O) groups excluding carboxylic acids is 2. The fourth-order valence-electron chi connectivity index (χ4n) is 3.65. The first-order valence-corrected chi connectivity index (χ1v) is 10.3. The molecule has 7 nitrogen and oxygen atoms in total. The molecule has 8 heteroatoms. The van der Waals surface area contributed by atoms with Crippen LogP contribution in [0.2, 0.25) is 0 Å². The summed E-state index contributed by atoms with van der Waals surface area (Å²) in [5.74, 6) is -2.03. The van der Waals surface area contributed by atoms with Gasteiger partial charge < -0.3 is 14.7 Å². The van der Waals surface area contributed by atoms with E-state index in [1.54, 1.807) is 66.9 Å². The van der Waals surface area contributed by atoms with Gasteiger partial charge in [0.1, 0.15) is 11.6 Å². The van der Waals surface area contributed by atoms with Crippen molar-refractivity contribution in [1.29, 1.82) is 0 Å². The van der Waals surface area contributed by atoms with Gasteiger partial charge in [0.2, 0.25) is 5.91 Å². The van der Waals surface area contributed by atoms with Crippen molar-refractivity contribution in [3.63, 3.8) is 0 Å². The number of nitrogens with zero attached hydrogens (tertiary/aromatic N) is 2. The summed E-state index contributed by atoms with van der Waals surface area (Å²) >= 11 is 3.37. The quantitative estimate of drug-likeness (QED) is 0.674.